The molecule has 0 unspecified atom stereocenters. The van der Waals surface area contributed by atoms with E-state index in [0.29, 0.717) is 11.3 Å². The highest BCUT2D eigenvalue weighted by atomic mass is 19.2. The lowest BCUT2D eigenvalue weighted by molar-refractivity contribution is -0.127. The van der Waals surface area contributed by atoms with Crippen LogP contribution in [0.25, 0.3) is 0 Å². The quantitative estimate of drug-likeness (QED) is 0.796. The number of hydrogen-bond acceptors (Lipinski definition) is 5. The molecule has 0 spiro atoms. The molecule has 1 aliphatic heterocycles. The van der Waals surface area contributed by atoms with Crippen molar-refractivity contribution in [1.29, 1.82) is 0 Å². The molecule has 2 amide bonds. The van der Waals surface area contributed by atoms with Crippen LogP contribution in [-0.2, 0) is 9.53 Å². The number of aromatic nitrogens is 1. The Morgan fingerprint density at radius 1 is 1.24 bits per heavy atom. The number of anilines is 1. The zero-order valence-electron chi connectivity index (χ0n) is 16.1. The molecule has 154 valence electrons. The lowest BCUT2D eigenvalue weighted by atomic mass is 9.82. The van der Waals surface area contributed by atoms with Crippen LogP contribution in [0.3, 0.4) is 0 Å². The Morgan fingerprint density at radius 2 is 1.97 bits per heavy atom. The molecule has 0 radical (unpaired) electrons. The molecule has 2 heterocycles. The first-order valence-corrected chi connectivity index (χ1v) is 8.98. The van der Waals surface area contributed by atoms with E-state index in [9.17, 15) is 18.4 Å². The SMILES string of the molecule is COc1c([C@H]2[C@H](C)[C@H](C)O[C@H]2C(=O)Nc2ccnc(C(N)=O)c2)ccc(F)c1F. The third kappa shape index (κ3) is 3.91. The molecule has 7 nitrogen and oxygen atoms in total. The van der Waals surface area contributed by atoms with E-state index in [1.807, 2.05) is 6.92 Å². The zero-order chi connectivity index (χ0) is 21.3. The minimum atomic E-state index is -1.11. The molecule has 1 saturated heterocycles. The predicted octanol–water partition coefficient (Wildman–Crippen LogP) is 2.61. The predicted molar refractivity (Wildman–Crippen MR) is 101 cm³/mol. The lowest BCUT2D eigenvalue weighted by Gasteiger charge is -2.23. The molecule has 3 N–H and O–H groups in total. The molecule has 1 aromatic heterocycles. The number of halogens is 2. The van der Waals surface area contributed by atoms with Crippen LogP contribution in [0.1, 0.15) is 35.8 Å². The highest BCUT2D eigenvalue weighted by Gasteiger charge is 2.46. The van der Waals surface area contributed by atoms with Crippen molar-refractivity contribution < 1.29 is 27.8 Å². The molecule has 4 atom stereocenters. The summed E-state index contributed by atoms with van der Waals surface area (Å²) in [4.78, 5) is 28.1. The number of carbonyl (C=O) groups excluding carboxylic acids is 2. The molecule has 1 fully saturated rings. The topological polar surface area (TPSA) is 104 Å². The summed E-state index contributed by atoms with van der Waals surface area (Å²) < 4.78 is 38.8. The monoisotopic (exact) mass is 405 g/mol. The normalized spacial score (nSPS) is 23.6. The van der Waals surface area contributed by atoms with Gasteiger partial charge in [-0.1, -0.05) is 13.0 Å². The second-order valence-corrected chi connectivity index (χ2v) is 6.91. The zero-order valence-corrected chi connectivity index (χ0v) is 16.1. The van der Waals surface area contributed by atoms with Crippen LogP contribution in [0.15, 0.2) is 30.5 Å². The first-order valence-electron chi connectivity index (χ1n) is 8.98. The van der Waals surface area contributed by atoms with E-state index in [4.69, 9.17) is 15.2 Å². The van der Waals surface area contributed by atoms with Gasteiger partial charge in [0, 0.05) is 23.4 Å². The van der Waals surface area contributed by atoms with Gasteiger partial charge in [0.25, 0.3) is 11.8 Å². The van der Waals surface area contributed by atoms with E-state index in [0.717, 1.165) is 6.07 Å². The fourth-order valence-electron chi connectivity index (χ4n) is 3.55. The number of nitrogens with two attached hydrogens (primary N) is 1. The average Bonchev–Trinajstić information content (AvgIpc) is 2.99. The third-order valence-corrected chi connectivity index (χ3v) is 5.18. The Hall–Kier alpha value is -3.07. The summed E-state index contributed by atoms with van der Waals surface area (Å²) >= 11 is 0. The lowest BCUT2D eigenvalue weighted by Crippen LogP contribution is -2.33. The molecule has 2 aromatic rings. The number of primary amides is 1. The molecule has 1 aromatic carbocycles. The van der Waals surface area contributed by atoms with Crippen molar-refractivity contribution >= 4 is 17.5 Å². The molecule has 1 aliphatic rings. The number of carbonyl (C=O) groups is 2. The van der Waals surface area contributed by atoms with Gasteiger partial charge in [0.2, 0.25) is 5.82 Å². The van der Waals surface area contributed by atoms with Gasteiger partial charge >= 0.3 is 0 Å². The van der Waals surface area contributed by atoms with Gasteiger partial charge in [-0.05, 0) is 31.0 Å². The highest BCUT2D eigenvalue weighted by molar-refractivity contribution is 5.97. The Morgan fingerprint density at radius 3 is 2.62 bits per heavy atom. The number of hydrogen-bond donors (Lipinski definition) is 2. The molecule has 0 saturated carbocycles. The van der Waals surface area contributed by atoms with E-state index in [1.165, 1.54) is 31.5 Å². The van der Waals surface area contributed by atoms with Crippen molar-refractivity contribution in [2.24, 2.45) is 11.7 Å². The fourth-order valence-corrected chi connectivity index (χ4v) is 3.55. The van der Waals surface area contributed by atoms with Gasteiger partial charge in [0.05, 0.1) is 13.2 Å². The van der Waals surface area contributed by atoms with Gasteiger partial charge < -0.3 is 20.5 Å². The van der Waals surface area contributed by atoms with Gasteiger partial charge in [0.15, 0.2) is 11.6 Å². The number of nitrogens with zero attached hydrogens (tertiary/aromatic N) is 1. The Labute approximate surface area is 166 Å². The van der Waals surface area contributed by atoms with Crippen molar-refractivity contribution in [2.45, 2.75) is 32.0 Å². The number of benzene rings is 1. The molecular weight excluding hydrogens is 384 g/mol. The first-order chi connectivity index (χ1) is 13.7. The van der Waals surface area contributed by atoms with Crippen LogP contribution >= 0.6 is 0 Å². The molecule has 0 bridgehead atoms. The van der Waals surface area contributed by atoms with Gasteiger partial charge in [-0.3, -0.25) is 14.6 Å². The van der Waals surface area contributed by atoms with Crippen molar-refractivity contribution in [1.82, 2.24) is 4.98 Å². The van der Waals surface area contributed by atoms with Crippen LogP contribution in [0, 0.1) is 17.6 Å². The van der Waals surface area contributed by atoms with E-state index in [1.54, 1.807) is 6.92 Å². The number of nitrogens with one attached hydrogen (secondary N) is 1. The van der Waals surface area contributed by atoms with Crippen LogP contribution in [0.2, 0.25) is 0 Å². The molecule has 3 rings (SSSR count). The standard InChI is InChI=1S/C20H21F2N3O4/c1-9-10(2)29-18(15(9)12-4-5-13(21)16(22)17(12)28-3)20(27)25-11-6-7-24-14(8-11)19(23)26/h4-10,15,18H,1-3H3,(H2,23,26)(H,24,25,27)/t9-,10+,15-,18-/m1/s1. The van der Waals surface area contributed by atoms with Crippen molar-refractivity contribution in [3.8, 4) is 5.75 Å². The molecule has 0 aliphatic carbocycles. The largest absolute Gasteiger partial charge is 0.493 e. The van der Waals surface area contributed by atoms with E-state index >= 15 is 0 Å². The summed E-state index contributed by atoms with van der Waals surface area (Å²) in [6, 6.07) is 5.24. The molecule has 9 heteroatoms. The summed E-state index contributed by atoms with van der Waals surface area (Å²) in [6.45, 7) is 3.66. The minimum Gasteiger partial charge on any atom is -0.493 e. The number of ether oxygens (including phenoxy) is 2. The summed E-state index contributed by atoms with van der Waals surface area (Å²) in [7, 11) is 1.24. The van der Waals surface area contributed by atoms with E-state index < -0.39 is 35.5 Å². The van der Waals surface area contributed by atoms with Gasteiger partial charge in [-0.2, -0.15) is 4.39 Å². The van der Waals surface area contributed by atoms with Gasteiger partial charge in [-0.25, -0.2) is 4.39 Å². The maximum Gasteiger partial charge on any atom is 0.267 e. The summed E-state index contributed by atoms with van der Waals surface area (Å²) in [5.74, 6) is -4.39. The Bertz CT molecular complexity index is 953. The van der Waals surface area contributed by atoms with Crippen LogP contribution in [-0.4, -0.2) is 36.1 Å². The number of amides is 2. The fraction of sp³-hybridized carbons (Fsp3) is 0.350. The van der Waals surface area contributed by atoms with Crippen LogP contribution < -0.4 is 15.8 Å². The summed E-state index contributed by atoms with van der Waals surface area (Å²) in [6.07, 6.45) is 0.0444. The van der Waals surface area contributed by atoms with Crippen LogP contribution in [0.4, 0.5) is 14.5 Å². The van der Waals surface area contributed by atoms with E-state index in [-0.39, 0.29) is 23.5 Å². The number of pyridine rings is 1. The second-order valence-electron chi connectivity index (χ2n) is 6.91. The van der Waals surface area contributed by atoms with Crippen molar-refractivity contribution in [2.75, 3.05) is 12.4 Å². The minimum absolute atomic E-state index is 0.00398. The highest BCUT2D eigenvalue weighted by Crippen LogP contribution is 2.44. The van der Waals surface area contributed by atoms with E-state index in [2.05, 4.69) is 10.3 Å². The Kier molecular flexibility index (Phi) is 5.78. The number of methoxy groups -OCH3 is 1. The third-order valence-electron chi connectivity index (χ3n) is 5.18. The number of rotatable bonds is 5. The summed E-state index contributed by atoms with van der Waals surface area (Å²) in [5, 5.41) is 2.66. The van der Waals surface area contributed by atoms with Crippen molar-refractivity contribution in [3.63, 3.8) is 0 Å². The smallest absolute Gasteiger partial charge is 0.267 e. The van der Waals surface area contributed by atoms with Gasteiger partial charge in [0.1, 0.15) is 11.8 Å². The second kappa shape index (κ2) is 8.12. The molecular formula is C20H21F2N3O4. The Balaban J connectivity index is 1.94. The molecule has 29 heavy (non-hydrogen) atoms. The first kappa shape index (κ1) is 20.7. The van der Waals surface area contributed by atoms with Crippen LogP contribution in [0.5, 0.6) is 5.75 Å². The average molecular weight is 405 g/mol. The van der Waals surface area contributed by atoms with Gasteiger partial charge in [-0.15, -0.1) is 0 Å². The summed E-state index contributed by atoms with van der Waals surface area (Å²) in [5.41, 5.74) is 5.86. The van der Waals surface area contributed by atoms with Crippen molar-refractivity contribution in [3.05, 3.63) is 53.4 Å². The maximum atomic E-state index is 14.2. The maximum absolute atomic E-state index is 14.2.